The Kier molecular flexibility index (Phi) is 4.68. The summed E-state index contributed by atoms with van der Waals surface area (Å²) in [6.45, 7) is 5.55. The van der Waals surface area contributed by atoms with Crippen LogP contribution in [0.5, 0.6) is 5.88 Å². The van der Waals surface area contributed by atoms with Gasteiger partial charge in [-0.1, -0.05) is 0 Å². The zero-order valence-corrected chi connectivity index (χ0v) is 17.3. The number of hydrogen-bond donors (Lipinski definition) is 0. The van der Waals surface area contributed by atoms with Crippen LogP contribution in [0.25, 0.3) is 0 Å². The summed E-state index contributed by atoms with van der Waals surface area (Å²) in [6, 6.07) is 4.02. The molecule has 1 saturated carbocycles. The molecule has 0 radical (unpaired) electrons. The lowest BCUT2D eigenvalue weighted by atomic mass is 10.0. The quantitative estimate of drug-likeness (QED) is 0.488. The highest BCUT2D eigenvalue weighted by atomic mass is 79.9. The highest BCUT2D eigenvalue weighted by molar-refractivity contribution is 9.10. The molecule has 0 spiro atoms. The standard InChI is InChI=1S/C21H20BrF2NO3/c1-21(2,3)28-20(26)19-12-4-10-6-17(25-8-13(10)18(12)19)27-9-11-5-14(22)16(24)7-15(11)23/h5-8,12,18-19H,4,9H2,1-3H3/t12-,18-,19+/m1/s1. The summed E-state index contributed by atoms with van der Waals surface area (Å²) >= 11 is 3.04. The number of pyridine rings is 1. The topological polar surface area (TPSA) is 48.4 Å². The number of halogens is 3. The summed E-state index contributed by atoms with van der Waals surface area (Å²) in [5.74, 6) is -0.756. The summed E-state index contributed by atoms with van der Waals surface area (Å²) in [5.41, 5.74) is 1.91. The van der Waals surface area contributed by atoms with Crippen LogP contribution in [-0.2, 0) is 22.6 Å². The summed E-state index contributed by atoms with van der Waals surface area (Å²) in [6.07, 6.45) is 2.51. The molecule has 1 fully saturated rings. The summed E-state index contributed by atoms with van der Waals surface area (Å²) in [5, 5.41) is 0. The van der Waals surface area contributed by atoms with Gasteiger partial charge in [0.1, 0.15) is 23.8 Å². The van der Waals surface area contributed by atoms with Gasteiger partial charge in [0.05, 0.1) is 10.4 Å². The number of rotatable bonds is 4. The van der Waals surface area contributed by atoms with E-state index < -0.39 is 17.2 Å². The second-order valence-electron chi connectivity index (χ2n) is 8.32. The average molecular weight is 452 g/mol. The molecule has 1 aromatic carbocycles. The van der Waals surface area contributed by atoms with E-state index in [4.69, 9.17) is 9.47 Å². The van der Waals surface area contributed by atoms with Crippen molar-refractivity contribution in [3.05, 3.63) is 57.2 Å². The second kappa shape index (κ2) is 6.79. The van der Waals surface area contributed by atoms with Crippen LogP contribution in [-0.4, -0.2) is 16.6 Å². The van der Waals surface area contributed by atoms with Gasteiger partial charge in [0.15, 0.2) is 0 Å². The van der Waals surface area contributed by atoms with Gasteiger partial charge in [0.2, 0.25) is 5.88 Å². The minimum absolute atomic E-state index is 0.0517. The molecule has 28 heavy (non-hydrogen) atoms. The van der Waals surface area contributed by atoms with E-state index in [0.29, 0.717) is 5.88 Å². The van der Waals surface area contributed by atoms with Crippen LogP contribution in [0.4, 0.5) is 8.78 Å². The minimum Gasteiger partial charge on any atom is -0.473 e. The van der Waals surface area contributed by atoms with Gasteiger partial charge in [-0.05, 0) is 66.2 Å². The molecule has 0 amide bonds. The van der Waals surface area contributed by atoms with Crippen LogP contribution in [0.1, 0.15) is 43.4 Å². The van der Waals surface area contributed by atoms with Gasteiger partial charge >= 0.3 is 5.97 Å². The predicted molar refractivity (Wildman–Crippen MR) is 102 cm³/mol. The number of nitrogens with zero attached hydrogens (tertiary/aromatic N) is 1. The number of ether oxygens (including phenoxy) is 2. The Morgan fingerprint density at radius 3 is 2.71 bits per heavy atom. The Balaban J connectivity index is 1.42. The van der Waals surface area contributed by atoms with E-state index in [9.17, 15) is 13.6 Å². The van der Waals surface area contributed by atoms with Crippen LogP contribution in [0, 0.1) is 23.5 Å². The molecule has 2 aliphatic carbocycles. The summed E-state index contributed by atoms with van der Waals surface area (Å²) < 4.78 is 38.4. The molecule has 0 N–H and O–H groups in total. The molecule has 148 valence electrons. The Morgan fingerprint density at radius 1 is 1.25 bits per heavy atom. The van der Waals surface area contributed by atoms with Crippen LogP contribution in [0.15, 0.2) is 28.9 Å². The Bertz CT molecular complexity index is 957. The van der Waals surface area contributed by atoms with Gasteiger partial charge in [-0.2, -0.15) is 0 Å². The predicted octanol–water partition coefficient (Wildman–Crippen LogP) is 4.93. The fraction of sp³-hybridized carbons (Fsp3) is 0.429. The summed E-state index contributed by atoms with van der Waals surface area (Å²) in [4.78, 5) is 16.6. The van der Waals surface area contributed by atoms with Gasteiger partial charge < -0.3 is 9.47 Å². The highest BCUT2D eigenvalue weighted by Gasteiger charge is 2.60. The van der Waals surface area contributed by atoms with Crippen molar-refractivity contribution >= 4 is 21.9 Å². The third-order valence-electron chi connectivity index (χ3n) is 5.13. The molecule has 3 atom stereocenters. The van der Waals surface area contributed by atoms with Gasteiger partial charge in [-0.3, -0.25) is 4.79 Å². The van der Waals surface area contributed by atoms with Gasteiger partial charge in [-0.25, -0.2) is 13.8 Å². The SMILES string of the molecule is CC(C)(C)OC(=O)[C@H]1[C@@H]2Cc3cc(OCc4cc(Br)c(F)cc4F)ncc3[C@@H]21. The molecular weight excluding hydrogens is 432 g/mol. The number of carbonyl (C=O) groups excluding carboxylic acids is 1. The maximum Gasteiger partial charge on any atom is 0.310 e. The normalized spacial score (nSPS) is 22.4. The minimum atomic E-state index is -0.664. The van der Waals surface area contributed by atoms with E-state index in [1.54, 1.807) is 6.20 Å². The van der Waals surface area contributed by atoms with Crippen LogP contribution in [0.2, 0.25) is 0 Å². The van der Waals surface area contributed by atoms with E-state index in [2.05, 4.69) is 20.9 Å². The number of benzene rings is 1. The largest absolute Gasteiger partial charge is 0.473 e. The molecule has 1 aromatic heterocycles. The van der Waals surface area contributed by atoms with Gasteiger partial charge in [0, 0.05) is 29.8 Å². The molecule has 0 saturated heterocycles. The molecule has 1 heterocycles. The number of aromatic nitrogens is 1. The monoisotopic (exact) mass is 451 g/mol. The lowest BCUT2D eigenvalue weighted by Gasteiger charge is -2.20. The van der Waals surface area contributed by atoms with Crippen LogP contribution in [0.3, 0.4) is 0 Å². The number of hydrogen-bond acceptors (Lipinski definition) is 4. The van der Waals surface area contributed by atoms with Gasteiger partial charge in [-0.15, -0.1) is 0 Å². The van der Waals surface area contributed by atoms with E-state index in [-0.39, 0.29) is 40.4 Å². The molecule has 2 aromatic rings. The Hall–Kier alpha value is -2.02. The lowest BCUT2D eigenvalue weighted by molar-refractivity contribution is -0.157. The van der Waals surface area contributed by atoms with Crippen molar-refractivity contribution in [1.82, 2.24) is 4.98 Å². The molecular formula is C21H20BrF2NO3. The molecule has 0 aliphatic heterocycles. The first-order chi connectivity index (χ1) is 13.1. The van der Waals surface area contributed by atoms with E-state index in [1.807, 2.05) is 26.8 Å². The Labute approximate surface area is 170 Å². The zero-order chi connectivity index (χ0) is 20.2. The first-order valence-electron chi connectivity index (χ1n) is 9.12. The lowest BCUT2D eigenvalue weighted by Crippen LogP contribution is -2.26. The van der Waals surface area contributed by atoms with E-state index in [0.717, 1.165) is 23.6 Å². The van der Waals surface area contributed by atoms with Crippen molar-refractivity contribution in [2.24, 2.45) is 11.8 Å². The smallest absolute Gasteiger partial charge is 0.310 e. The fourth-order valence-electron chi connectivity index (χ4n) is 3.86. The zero-order valence-electron chi connectivity index (χ0n) is 15.8. The fourth-order valence-corrected chi connectivity index (χ4v) is 4.26. The summed E-state index contributed by atoms with van der Waals surface area (Å²) in [7, 11) is 0. The van der Waals surface area contributed by atoms with E-state index >= 15 is 0 Å². The first kappa shape index (κ1) is 19.3. The third kappa shape index (κ3) is 3.64. The number of fused-ring (bicyclic) bond motifs is 3. The van der Waals surface area contributed by atoms with Crippen LogP contribution >= 0.6 is 15.9 Å². The molecule has 7 heteroatoms. The van der Waals surface area contributed by atoms with Crippen LogP contribution < -0.4 is 4.74 Å². The van der Waals surface area contributed by atoms with Crippen molar-refractivity contribution in [3.63, 3.8) is 0 Å². The number of esters is 1. The maximum atomic E-state index is 13.8. The molecule has 4 rings (SSSR count). The van der Waals surface area contributed by atoms with Crippen molar-refractivity contribution < 1.29 is 23.0 Å². The van der Waals surface area contributed by atoms with Gasteiger partial charge in [0.25, 0.3) is 0 Å². The maximum absolute atomic E-state index is 13.8. The van der Waals surface area contributed by atoms with Crippen molar-refractivity contribution in [3.8, 4) is 5.88 Å². The van der Waals surface area contributed by atoms with E-state index in [1.165, 1.54) is 6.07 Å². The molecule has 4 nitrogen and oxygen atoms in total. The number of carbonyl (C=O) groups is 1. The van der Waals surface area contributed by atoms with Crippen molar-refractivity contribution in [1.29, 1.82) is 0 Å². The second-order valence-corrected chi connectivity index (χ2v) is 9.18. The van der Waals surface area contributed by atoms with Crippen molar-refractivity contribution in [2.45, 2.75) is 45.3 Å². The molecule has 0 bridgehead atoms. The molecule has 0 unspecified atom stereocenters. The first-order valence-corrected chi connectivity index (χ1v) is 9.91. The third-order valence-corrected chi connectivity index (χ3v) is 5.73. The average Bonchev–Trinajstić information content (AvgIpc) is 3.18. The Morgan fingerprint density at radius 2 is 2.00 bits per heavy atom. The highest BCUT2D eigenvalue weighted by Crippen LogP contribution is 2.62. The van der Waals surface area contributed by atoms with Crippen molar-refractivity contribution in [2.75, 3.05) is 0 Å². The molecule has 2 aliphatic rings.